The van der Waals surface area contributed by atoms with E-state index in [9.17, 15) is 0 Å². The van der Waals surface area contributed by atoms with Crippen molar-refractivity contribution in [2.45, 2.75) is 39.2 Å². The van der Waals surface area contributed by atoms with Crippen molar-refractivity contribution < 1.29 is 0 Å². The lowest BCUT2D eigenvalue weighted by molar-refractivity contribution is 0.240. The fourth-order valence-electron chi connectivity index (χ4n) is 4.66. The summed E-state index contributed by atoms with van der Waals surface area (Å²) in [6.45, 7) is 8.32. The third kappa shape index (κ3) is 2.28. The summed E-state index contributed by atoms with van der Waals surface area (Å²) in [5, 5.41) is 0. The Kier molecular flexibility index (Phi) is 3.34. The predicted octanol–water partition coefficient (Wildman–Crippen LogP) is 4.55. The summed E-state index contributed by atoms with van der Waals surface area (Å²) in [6.07, 6.45) is 2.59. The van der Waals surface area contributed by atoms with E-state index >= 15 is 0 Å². The van der Waals surface area contributed by atoms with E-state index in [2.05, 4.69) is 67.3 Å². The maximum Gasteiger partial charge on any atom is 0.0234 e. The Hall–Kier alpha value is -1.60. The molecule has 1 nitrogen and oxygen atoms in total. The maximum absolute atomic E-state index is 2.66. The molecule has 2 aromatic rings. The minimum atomic E-state index is 0.454. The Morgan fingerprint density at radius 2 is 1.91 bits per heavy atom. The first kappa shape index (κ1) is 14.0. The SMILES string of the molecule is Cc1cccc2c1CCC1(C)CN(Cc3ccccc3)CC21. The molecular weight excluding hydrogens is 266 g/mol. The summed E-state index contributed by atoms with van der Waals surface area (Å²) in [6, 6.07) is 17.8. The van der Waals surface area contributed by atoms with Gasteiger partial charge in [0.25, 0.3) is 0 Å². The van der Waals surface area contributed by atoms with Crippen LogP contribution in [0, 0.1) is 12.3 Å². The number of nitrogens with zero attached hydrogens (tertiary/aromatic N) is 1. The molecule has 1 heteroatoms. The molecule has 0 radical (unpaired) electrons. The van der Waals surface area contributed by atoms with Crippen LogP contribution in [0.3, 0.4) is 0 Å². The molecule has 1 saturated heterocycles. The van der Waals surface area contributed by atoms with E-state index in [1.807, 2.05) is 0 Å². The van der Waals surface area contributed by atoms with Crippen LogP contribution in [0.4, 0.5) is 0 Å². The van der Waals surface area contributed by atoms with E-state index in [1.54, 1.807) is 11.1 Å². The maximum atomic E-state index is 2.66. The van der Waals surface area contributed by atoms with E-state index in [4.69, 9.17) is 0 Å². The minimum absolute atomic E-state index is 0.454. The van der Waals surface area contributed by atoms with Crippen LogP contribution in [0.25, 0.3) is 0 Å². The van der Waals surface area contributed by atoms with Gasteiger partial charge in [-0.3, -0.25) is 4.90 Å². The van der Waals surface area contributed by atoms with Crippen molar-refractivity contribution in [3.8, 4) is 0 Å². The quantitative estimate of drug-likeness (QED) is 0.785. The topological polar surface area (TPSA) is 3.24 Å². The molecule has 0 spiro atoms. The first-order chi connectivity index (χ1) is 10.7. The van der Waals surface area contributed by atoms with E-state index in [0.717, 1.165) is 6.54 Å². The Bertz CT molecular complexity index is 676. The van der Waals surface area contributed by atoms with E-state index in [-0.39, 0.29) is 0 Å². The van der Waals surface area contributed by atoms with Crippen LogP contribution >= 0.6 is 0 Å². The third-order valence-corrected chi connectivity index (χ3v) is 5.88. The molecule has 0 N–H and O–H groups in total. The molecule has 1 aliphatic carbocycles. The fourth-order valence-corrected chi connectivity index (χ4v) is 4.66. The molecule has 2 unspecified atom stereocenters. The lowest BCUT2D eigenvalue weighted by Gasteiger charge is -2.37. The molecule has 1 fully saturated rings. The van der Waals surface area contributed by atoms with Gasteiger partial charge in [-0.05, 0) is 47.4 Å². The van der Waals surface area contributed by atoms with E-state index in [0.29, 0.717) is 11.3 Å². The van der Waals surface area contributed by atoms with Crippen molar-refractivity contribution in [1.29, 1.82) is 0 Å². The van der Waals surface area contributed by atoms with Gasteiger partial charge in [0.1, 0.15) is 0 Å². The second-order valence-electron chi connectivity index (χ2n) is 7.50. The molecule has 1 heterocycles. The summed E-state index contributed by atoms with van der Waals surface area (Å²) in [7, 11) is 0. The van der Waals surface area contributed by atoms with Gasteiger partial charge in [-0.15, -0.1) is 0 Å². The standard InChI is InChI=1S/C21H25N/c1-16-7-6-10-19-18(16)11-12-21(2)15-22(14-20(19)21)13-17-8-4-3-5-9-17/h3-10,20H,11-15H2,1-2H3. The number of likely N-dealkylation sites (tertiary alicyclic amines) is 1. The second-order valence-corrected chi connectivity index (χ2v) is 7.50. The van der Waals surface area contributed by atoms with Crippen molar-refractivity contribution in [1.82, 2.24) is 4.90 Å². The molecule has 1 aliphatic heterocycles. The second kappa shape index (κ2) is 5.24. The van der Waals surface area contributed by atoms with Gasteiger partial charge in [0.2, 0.25) is 0 Å². The number of aryl methyl sites for hydroxylation is 1. The van der Waals surface area contributed by atoms with Crippen LogP contribution in [0.5, 0.6) is 0 Å². The third-order valence-electron chi connectivity index (χ3n) is 5.88. The van der Waals surface area contributed by atoms with Crippen molar-refractivity contribution in [2.24, 2.45) is 5.41 Å². The molecule has 2 aliphatic rings. The summed E-state index contributed by atoms with van der Waals surface area (Å²) in [5.74, 6) is 0.708. The van der Waals surface area contributed by atoms with Crippen LogP contribution in [0.2, 0.25) is 0 Å². The Balaban J connectivity index is 1.61. The number of hydrogen-bond acceptors (Lipinski definition) is 1. The van der Waals surface area contributed by atoms with Crippen LogP contribution in [0.15, 0.2) is 48.5 Å². The van der Waals surface area contributed by atoms with Gasteiger partial charge in [0.05, 0.1) is 0 Å². The Morgan fingerprint density at radius 1 is 1.09 bits per heavy atom. The highest BCUT2D eigenvalue weighted by Crippen LogP contribution is 2.50. The lowest BCUT2D eigenvalue weighted by Crippen LogP contribution is -2.31. The lowest BCUT2D eigenvalue weighted by atomic mass is 9.66. The largest absolute Gasteiger partial charge is 0.298 e. The number of fused-ring (bicyclic) bond motifs is 3. The van der Waals surface area contributed by atoms with Gasteiger partial charge < -0.3 is 0 Å². The highest BCUT2D eigenvalue weighted by atomic mass is 15.2. The normalized spacial score (nSPS) is 27.5. The van der Waals surface area contributed by atoms with Gasteiger partial charge in [0.15, 0.2) is 0 Å². The van der Waals surface area contributed by atoms with Crippen LogP contribution in [0.1, 0.15) is 41.5 Å². The van der Waals surface area contributed by atoms with Crippen LogP contribution < -0.4 is 0 Å². The van der Waals surface area contributed by atoms with Crippen molar-refractivity contribution in [2.75, 3.05) is 13.1 Å². The molecule has 0 bridgehead atoms. The van der Waals surface area contributed by atoms with Crippen LogP contribution in [-0.4, -0.2) is 18.0 Å². The smallest absolute Gasteiger partial charge is 0.0234 e. The molecule has 0 amide bonds. The highest BCUT2D eigenvalue weighted by Gasteiger charge is 2.46. The molecule has 2 atom stereocenters. The predicted molar refractivity (Wildman–Crippen MR) is 92.1 cm³/mol. The minimum Gasteiger partial charge on any atom is -0.298 e. The zero-order valence-electron chi connectivity index (χ0n) is 13.7. The van der Waals surface area contributed by atoms with E-state index < -0.39 is 0 Å². The highest BCUT2D eigenvalue weighted by molar-refractivity contribution is 5.41. The number of hydrogen-bond donors (Lipinski definition) is 0. The average Bonchev–Trinajstić information content (AvgIpc) is 2.85. The molecule has 0 aromatic heterocycles. The zero-order valence-corrected chi connectivity index (χ0v) is 13.7. The first-order valence-electron chi connectivity index (χ1n) is 8.50. The van der Waals surface area contributed by atoms with Gasteiger partial charge in [0, 0.05) is 25.6 Å². The van der Waals surface area contributed by atoms with Gasteiger partial charge in [-0.25, -0.2) is 0 Å². The number of rotatable bonds is 2. The van der Waals surface area contributed by atoms with E-state index in [1.165, 1.54) is 37.1 Å². The molecular formula is C21H25N. The zero-order chi connectivity index (χ0) is 15.2. The van der Waals surface area contributed by atoms with Crippen LogP contribution in [-0.2, 0) is 13.0 Å². The fraction of sp³-hybridized carbons (Fsp3) is 0.429. The summed E-state index contributed by atoms with van der Waals surface area (Å²) < 4.78 is 0. The molecule has 0 saturated carbocycles. The average molecular weight is 291 g/mol. The van der Waals surface area contributed by atoms with Crippen molar-refractivity contribution in [3.05, 3.63) is 70.8 Å². The molecule has 2 aromatic carbocycles. The Morgan fingerprint density at radius 3 is 2.73 bits per heavy atom. The summed E-state index contributed by atoms with van der Waals surface area (Å²) in [5.41, 5.74) is 6.64. The first-order valence-corrected chi connectivity index (χ1v) is 8.50. The summed E-state index contributed by atoms with van der Waals surface area (Å²) >= 11 is 0. The van der Waals surface area contributed by atoms with Gasteiger partial charge in [-0.2, -0.15) is 0 Å². The van der Waals surface area contributed by atoms with Crippen molar-refractivity contribution in [3.63, 3.8) is 0 Å². The molecule has 22 heavy (non-hydrogen) atoms. The van der Waals surface area contributed by atoms with Gasteiger partial charge >= 0.3 is 0 Å². The van der Waals surface area contributed by atoms with Crippen molar-refractivity contribution >= 4 is 0 Å². The Labute approximate surface area is 134 Å². The monoisotopic (exact) mass is 291 g/mol. The summed E-state index contributed by atoms with van der Waals surface area (Å²) in [4.78, 5) is 2.66. The number of benzene rings is 2. The molecule has 114 valence electrons. The molecule has 4 rings (SSSR count). The van der Waals surface area contributed by atoms with Gasteiger partial charge in [-0.1, -0.05) is 55.5 Å².